The molecule has 2 fully saturated rings. The Labute approximate surface area is 192 Å². The third-order valence-electron chi connectivity index (χ3n) is 6.33. The number of carbonyl (C=O) groups excluding carboxylic acids is 1. The van der Waals surface area contributed by atoms with Crippen LogP contribution in [-0.4, -0.2) is 69.7 Å². The number of thiazole rings is 1. The van der Waals surface area contributed by atoms with Gasteiger partial charge in [0.1, 0.15) is 12.8 Å². The van der Waals surface area contributed by atoms with E-state index in [2.05, 4.69) is 25.0 Å². The summed E-state index contributed by atoms with van der Waals surface area (Å²) in [6.45, 7) is 6.13. The Hall–Kier alpha value is -2.59. The molecule has 0 aromatic carbocycles. The maximum Gasteiger partial charge on any atom is 0.225 e. The van der Waals surface area contributed by atoms with Crippen molar-refractivity contribution >= 4 is 28.9 Å². The van der Waals surface area contributed by atoms with Crippen molar-refractivity contribution in [2.45, 2.75) is 39.2 Å². The molecule has 172 valence electrons. The topological polar surface area (TPSA) is 110 Å². The van der Waals surface area contributed by atoms with E-state index in [9.17, 15) is 4.79 Å². The predicted octanol–water partition coefficient (Wildman–Crippen LogP) is 2.33. The van der Waals surface area contributed by atoms with Gasteiger partial charge in [0.05, 0.1) is 10.7 Å². The molecule has 10 heteroatoms. The molecule has 0 radical (unpaired) electrons. The fourth-order valence-corrected chi connectivity index (χ4v) is 5.19. The Morgan fingerprint density at radius 1 is 1.16 bits per heavy atom. The van der Waals surface area contributed by atoms with Crippen LogP contribution in [0.5, 0.6) is 0 Å². The van der Waals surface area contributed by atoms with E-state index < -0.39 is 0 Å². The van der Waals surface area contributed by atoms with Crippen LogP contribution in [0, 0.1) is 18.8 Å². The molecule has 2 saturated heterocycles. The van der Waals surface area contributed by atoms with Gasteiger partial charge in [0, 0.05) is 54.8 Å². The van der Waals surface area contributed by atoms with Crippen LogP contribution in [-0.2, 0) is 16.2 Å². The maximum atomic E-state index is 13.1. The van der Waals surface area contributed by atoms with Crippen LogP contribution >= 0.6 is 11.3 Å². The van der Waals surface area contributed by atoms with Crippen LogP contribution in [0.1, 0.15) is 41.9 Å². The van der Waals surface area contributed by atoms with Gasteiger partial charge in [-0.05, 0) is 45.7 Å². The van der Waals surface area contributed by atoms with Crippen molar-refractivity contribution < 1.29 is 9.63 Å². The largest absolute Gasteiger partial charge is 0.399 e. The highest BCUT2D eigenvalue weighted by molar-refractivity contribution is 7.09. The Morgan fingerprint density at radius 3 is 2.41 bits per heavy atom. The second-order valence-electron chi connectivity index (χ2n) is 8.51. The van der Waals surface area contributed by atoms with E-state index in [1.807, 2.05) is 17.2 Å². The smallest absolute Gasteiger partial charge is 0.225 e. The average molecular weight is 458 g/mol. The minimum Gasteiger partial charge on any atom is -0.399 e. The van der Waals surface area contributed by atoms with Gasteiger partial charge in [-0.25, -0.2) is 15.0 Å². The molecule has 2 aliphatic heterocycles. The summed E-state index contributed by atoms with van der Waals surface area (Å²) in [6.07, 6.45) is 7.11. The van der Waals surface area contributed by atoms with Crippen molar-refractivity contribution in [2.24, 2.45) is 17.0 Å². The van der Waals surface area contributed by atoms with Crippen molar-refractivity contribution in [1.29, 1.82) is 0 Å². The third kappa shape index (κ3) is 5.42. The highest BCUT2D eigenvalue weighted by Gasteiger charge is 2.33. The zero-order valence-corrected chi connectivity index (χ0v) is 19.6. The summed E-state index contributed by atoms with van der Waals surface area (Å²) < 4.78 is 0. The molecule has 0 bridgehead atoms. The van der Waals surface area contributed by atoms with E-state index >= 15 is 0 Å². The van der Waals surface area contributed by atoms with Crippen molar-refractivity contribution in [1.82, 2.24) is 24.8 Å². The maximum absolute atomic E-state index is 13.1. The number of amides is 1. The lowest BCUT2D eigenvalue weighted by Crippen LogP contribution is -2.46. The Bertz CT molecular complexity index is 930. The summed E-state index contributed by atoms with van der Waals surface area (Å²) in [7, 11) is 1.57. The van der Waals surface area contributed by atoms with Gasteiger partial charge >= 0.3 is 0 Å². The number of piperidine rings is 2. The summed E-state index contributed by atoms with van der Waals surface area (Å²) in [6, 6.07) is 0. The lowest BCUT2D eigenvalue weighted by molar-refractivity contribution is -0.138. The zero-order chi connectivity index (χ0) is 22.5. The summed E-state index contributed by atoms with van der Waals surface area (Å²) in [4.78, 5) is 35.3. The highest BCUT2D eigenvalue weighted by Crippen LogP contribution is 2.27. The molecule has 2 aromatic heterocycles. The van der Waals surface area contributed by atoms with Gasteiger partial charge in [0.25, 0.3) is 0 Å². The van der Waals surface area contributed by atoms with Crippen LogP contribution in [0.15, 0.2) is 22.9 Å². The van der Waals surface area contributed by atoms with Gasteiger partial charge in [-0.3, -0.25) is 9.69 Å². The minimum absolute atomic E-state index is 0.110. The molecule has 0 unspecified atom stereocenters. The van der Waals surface area contributed by atoms with Gasteiger partial charge in [0.2, 0.25) is 11.9 Å². The second-order valence-corrected chi connectivity index (χ2v) is 9.57. The number of likely N-dealkylation sites (tertiary alicyclic amines) is 2. The first-order valence-electron chi connectivity index (χ1n) is 11.1. The Kier molecular flexibility index (Phi) is 7.31. The molecule has 0 spiro atoms. The predicted molar refractivity (Wildman–Crippen MR) is 124 cm³/mol. The molecular weight excluding hydrogens is 426 g/mol. The summed E-state index contributed by atoms with van der Waals surface area (Å²) in [5.74, 6) is 0.973. The van der Waals surface area contributed by atoms with E-state index in [4.69, 9.17) is 10.6 Å². The van der Waals surface area contributed by atoms with E-state index in [0.717, 1.165) is 80.4 Å². The number of aryl methyl sites for hydroxylation is 1. The number of rotatable bonds is 6. The molecule has 4 heterocycles. The molecule has 2 aromatic rings. The first-order valence-corrected chi connectivity index (χ1v) is 12.0. The number of oxime groups is 1. The van der Waals surface area contributed by atoms with Crippen molar-refractivity contribution in [3.8, 4) is 0 Å². The van der Waals surface area contributed by atoms with Crippen molar-refractivity contribution in [2.75, 3.05) is 39.0 Å². The number of nitrogens with zero attached hydrogens (tertiary/aromatic N) is 6. The highest BCUT2D eigenvalue weighted by atomic mass is 32.1. The fourth-order valence-electron chi connectivity index (χ4n) is 4.58. The summed E-state index contributed by atoms with van der Waals surface area (Å²) in [5, 5.41) is 7.33. The molecule has 2 N–H and O–H groups in total. The normalized spacial score (nSPS) is 19.3. The standard InChI is InChI=1S/C22H31N7O2S/c1-15-26-19(14-32-15)20(27-31-2)17-5-9-29(10-6-17)21(30)18-3-7-28(8-4-18)13-16-11-24-22(23)25-12-16/h11-12,14,17-18H,3-10,13H2,1-2H3,(H2,23,24,25)/b27-20+. The molecule has 32 heavy (non-hydrogen) atoms. The molecule has 4 rings (SSSR count). The molecule has 0 atom stereocenters. The zero-order valence-electron chi connectivity index (χ0n) is 18.7. The number of nitrogen functional groups attached to an aromatic ring is 1. The molecule has 0 aliphatic carbocycles. The van der Waals surface area contributed by atoms with E-state index in [1.165, 1.54) is 0 Å². The molecule has 1 amide bonds. The fraction of sp³-hybridized carbons (Fsp3) is 0.591. The molecule has 2 aliphatic rings. The lowest BCUT2D eigenvalue weighted by Gasteiger charge is -2.37. The Balaban J connectivity index is 1.26. The van der Waals surface area contributed by atoms with Crippen LogP contribution in [0.2, 0.25) is 0 Å². The van der Waals surface area contributed by atoms with Gasteiger partial charge in [0.15, 0.2) is 0 Å². The van der Waals surface area contributed by atoms with Crippen molar-refractivity contribution in [3.63, 3.8) is 0 Å². The summed E-state index contributed by atoms with van der Waals surface area (Å²) in [5.41, 5.74) is 8.42. The van der Waals surface area contributed by atoms with E-state index in [-0.39, 0.29) is 11.8 Å². The minimum atomic E-state index is 0.110. The number of hydrogen-bond donors (Lipinski definition) is 1. The second kappa shape index (κ2) is 10.4. The number of anilines is 1. The first kappa shape index (κ1) is 22.6. The number of aromatic nitrogens is 3. The SMILES string of the molecule is CO/N=C(/c1csc(C)n1)C1CCN(C(=O)C2CCN(Cc3cnc(N)nc3)CC2)CC1. The van der Waals surface area contributed by atoms with Crippen LogP contribution in [0.25, 0.3) is 0 Å². The summed E-state index contributed by atoms with van der Waals surface area (Å²) >= 11 is 1.62. The van der Waals surface area contributed by atoms with Crippen LogP contribution in [0.4, 0.5) is 5.95 Å². The van der Waals surface area contributed by atoms with E-state index in [1.54, 1.807) is 30.8 Å². The van der Waals surface area contributed by atoms with Crippen LogP contribution in [0.3, 0.4) is 0 Å². The number of carbonyl (C=O) groups is 1. The van der Waals surface area contributed by atoms with Crippen molar-refractivity contribution in [3.05, 3.63) is 34.0 Å². The average Bonchev–Trinajstić information content (AvgIpc) is 3.25. The monoisotopic (exact) mass is 457 g/mol. The molecule has 9 nitrogen and oxygen atoms in total. The molecular formula is C22H31N7O2S. The van der Waals surface area contributed by atoms with Crippen LogP contribution < -0.4 is 5.73 Å². The van der Waals surface area contributed by atoms with Gasteiger partial charge in [-0.1, -0.05) is 5.16 Å². The first-order chi connectivity index (χ1) is 15.5. The molecule has 0 saturated carbocycles. The number of nitrogens with two attached hydrogens (primary N) is 1. The third-order valence-corrected chi connectivity index (χ3v) is 7.11. The number of hydrogen-bond acceptors (Lipinski definition) is 9. The quantitative estimate of drug-likeness (QED) is 0.524. The van der Waals surface area contributed by atoms with Gasteiger partial charge in [-0.15, -0.1) is 11.3 Å². The lowest BCUT2D eigenvalue weighted by atomic mass is 9.88. The van der Waals surface area contributed by atoms with Gasteiger partial charge in [-0.2, -0.15) is 0 Å². The van der Waals surface area contributed by atoms with Gasteiger partial charge < -0.3 is 15.5 Å². The Morgan fingerprint density at radius 2 is 1.81 bits per heavy atom. The van der Waals surface area contributed by atoms with E-state index in [0.29, 0.717) is 11.9 Å².